The number of thiocarbonyl (C=S) groups is 1. The molecule has 0 aliphatic carbocycles. The van der Waals surface area contributed by atoms with Crippen LogP contribution in [0, 0.1) is 0 Å². The third-order valence-corrected chi connectivity index (χ3v) is 4.40. The van der Waals surface area contributed by atoms with Gasteiger partial charge in [-0.3, -0.25) is 9.69 Å². The van der Waals surface area contributed by atoms with Gasteiger partial charge < -0.3 is 11.1 Å². The molecule has 1 fully saturated rings. The normalized spacial score (nSPS) is 19.6. The van der Waals surface area contributed by atoms with E-state index in [1.54, 1.807) is 0 Å². The highest BCUT2D eigenvalue weighted by Crippen LogP contribution is 2.22. The van der Waals surface area contributed by atoms with E-state index in [-0.39, 0.29) is 11.9 Å². The molecule has 6 heteroatoms. The van der Waals surface area contributed by atoms with Gasteiger partial charge in [0.1, 0.15) is 0 Å². The van der Waals surface area contributed by atoms with Crippen molar-refractivity contribution in [2.45, 2.75) is 25.3 Å². The highest BCUT2D eigenvalue weighted by molar-refractivity contribution is 9.10. The lowest BCUT2D eigenvalue weighted by atomic mass is 10.0. The molecule has 1 aliphatic rings. The fourth-order valence-corrected chi connectivity index (χ4v) is 3.09. The molecule has 4 nitrogen and oxygen atoms in total. The van der Waals surface area contributed by atoms with Crippen LogP contribution in [0.5, 0.6) is 0 Å². The molecule has 0 spiro atoms. The Morgan fingerprint density at radius 1 is 1.45 bits per heavy atom. The monoisotopic (exact) mass is 355 g/mol. The SMILES string of the molecule is NC(=S)C1CCCCN1CC(=O)Nc1ccccc1Br. The molecule has 0 radical (unpaired) electrons. The Morgan fingerprint density at radius 2 is 2.20 bits per heavy atom. The van der Waals surface area contributed by atoms with Crippen molar-refractivity contribution >= 4 is 44.7 Å². The molecule has 1 unspecified atom stereocenters. The molecule has 20 heavy (non-hydrogen) atoms. The molecule has 0 bridgehead atoms. The van der Waals surface area contributed by atoms with Crippen LogP contribution in [0.3, 0.4) is 0 Å². The number of carbonyl (C=O) groups is 1. The summed E-state index contributed by atoms with van der Waals surface area (Å²) in [5, 5.41) is 2.91. The molecular weight excluding hydrogens is 338 g/mol. The maximum atomic E-state index is 12.1. The van der Waals surface area contributed by atoms with E-state index in [4.69, 9.17) is 18.0 Å². The van der Waals surface area contributed by atoms with Crippen molar-refractivity contribution in [1.29, 1.82) is 0 Å². The van der Waals surface area contributed by atoms with Crippen LogP contribution in [0.15, 0.2) is 28.7 Å². The molecule has 2 rings (SSSR count). The Bertz CT molecular complexity index is 509. The highest BCUT2D eigenvalue weighted by atomic mass is 79.9. The largest absolute Gasteiger partial charge is 0.392 e. The van der Waals surface area contributed by atoms with Crippen molar-refractivity contribution in [3.8, 4) is 0 Å². The van der Waals surface area contributed by atoms with E-state index in [0.29, 0.717) is 11.5 Å². The summed E-state index contributed by atoms with van der Waals surface area (Å²) < 4.78 is 0.873. The first-order valence-corrected chi connectivity index (χ1v) is 7.86. The standard InChI is InChI=1S/C14H18BrN3OS/c15-10-5-1-2-6-11(10)17-13(19)9-18-8-4-3-7-12(18)14(16)20/h1-2,5-6,12H,3-4,7-9H2,(H2,16,20)(H,17,19). The number of rotatable bonds is 4. The van der Waals surface area contributed by atoms with Crippen LogP contribution in [0.4, 0.5) is 5.69 Å². The lowest BCUT2D eigenvalue weighted by molar-refractivity contribution is -0.117. The van der Waals surface area contributed by atoms with Crippen molar-refractivity contribution in [3.05, 3.63) is 28.7 Å². The number of anilines is 1. The summed E-state index contributed by atoms with van der Waals surface area (Å²) in [5.74, 6) is -0.0416. The van der Waals surface area contributed by atoms with Gasteiger partial charge in [-0.25, -0.2) is 0 Å². The minimum atomic E-state index is -0.0416. The Labute approximate surface area is 132 Å². The molecule has 1 aromatic rings. The van der Waals surface area contributed by atoms with Crippen LogP contribution in [-0.4, -0.2) is 34.9 Å². The Balaban J connectivity index is 1.96. The van der Waals surface area contributed by atoms with Gasteiger partial charge >= 0.3 is 0 Å². The number of carbonyl (C=O) groups excluding carboxylic acids is 1. The quantitative estimate of drug-likeness (QED) is 0.814. The second kappa shape index (κ2) is 7.15. The number of nitrogens with two attached hydrogens (primary N) is 1. The number of piperidine rings is 1. The van der Waals surface area contributed by atoms with Gasteiger partial charge in [0.05, 0.1) is 23.3 Å². The van der Waals surface area contributed by atoms with E-state index in [0.717, 1.165) is 36.0 Å². The zero-order chi connectivity index (χ0) is 14.5. The smallest absolute Gasteiger partial charge is 0.238 e. The van der Waals surface area contributed by atoms with E-state index in [1.807, 2.05) is 24.3 Å². The number of likely N-dealkylation sites (tertiary alicyclic amines) is 1. The molecule has 1 aromatic carbocycles. The zero-order valence-electron chi connectivity index (χ0n) is 11.1. The van der Waals surface area contributed by atoms with Gasteiger partial charge in [0.25, 0.3) is 0 Å². The summed E-state index contributed by atoms with van der Waals surface area (Å²) in [4.78, 5) is 14.7. The van der Waals surface area contributed by atoms with Crippen LogP contribution in [0.1, 0.15) is 19.3 Å². The molecule has 1 heterocycles. The van der Waals surface area contributed by atoms with Gasteiger partial charge in [0.15, 0.2) is 0 Å². The number of para-hydroxylation sites is 1. The Kier molecular flexibility index (Phi) is 5.51. The Hall–Kier alpha value is -0.980. The molecule has 1 atom stereocenters. The van der Waals surface area contributed by atoms with Crippen molar-refractivity contribution in [2.75, 3.05) is 18.4 Å². The van der Waals surface area contributed by atoms with Crippen LogP contribution >= 0.6 is 28.1 Å². The fourth-order valence-electron chi connectivity index (χ4n) is 2.44. The summed E-state index contributed by atoms with van der Waals surface area (Å²) in [5.41, 5.74) is 6.54. The third kappa shape index (κ3) is 4.01. The number of nitrogens with one attached hydrogen (secondary N) is 1. The van der Waals surface area contributed by atoms with Crippen molar-refractivity contribution in [1.82, 2.24) is 4.90 Å². The van der Waals surface area contributed by atoms with Crippen molar-refractivity contribution in [2.24, 2.45) is 5.73 Å². The number of hydrogen-bond acceptors (Lipinski definition) is 3. The molecule has 1 aliphatic heterocycles. The molecule has 108 valence electrons. The van der Waals surface area contributed by atoms with Crippen LogP contribution in [-0.2, 0) is 4.79 Å². The van der Waals surface area contributed by atoms with Gasteiger partial charge in [-0.2, -0.15) is 0 Å². The first kappa shape index (κ1) is 15.4. The van der Waals surface area contributed by atoms with Crippen LogP contribution < -0.4 is 11.1 Å². The van der Waals surface area contributed by atoms with E-state index >= 15 is 0 Å². The van der Waals surface area contributed by atoms with Crippen LogP contribution in [0.25, 0.3) is 0 Å². The summed E-state index contributed by atoms with van der Waals surface area (Å²) in [6.45, 7) is 1.19. The molecule has 0 saturated carbocycles. The van der Waals surface area contributed by atoms with E-state index in [2.05, 4.69) is 26.1 Å². The zero-order valence-corrected chi connectivity index (χ0v) is 13.5. The van der Waals surface area contributed by atoms with E-state index < -0.39 is 0 Å². The first-order chi connectivity index (χ1) is 9.58. The lowest BCUT2D eigenvalue weighted by Gasteiger charge is -2.34. The molecule has 3 N–H and O–H groups in total. The topological polar surface area (TPSA) is 58.4 Å². The Morgan fingerprint density at radius 3 is 2.90 bits per heavy atom. The summed E-state index contributed by atoms with van der Waals surface area (Å²) in [7, 11) is 0. The van der Waals surface area contributed by atoms with Gasteiger partial charge in [-0.05, 0) is 47.4 Å². The molecule has 1 saturated heterocycles. The number of halogens is 1. The molecular formula is C14H18BrN3OS. The van der Waals surface area contributed by atoms with E-state index in [1.165, 1.54) is 0 Å². The average Bonchev–Trinajstić information content (AvgIpc) is 2.41. The summed E-state index contributed by atoms with van der Waals surface area (Å²) in [6.07, 6.45) is 3.14. The number of amides is 1. The summed E-state index contributed by atoms with van der Waals surface area (Å²) in [6, 6.07) is 7.60. The second-order valence-electron chi connectivity index (χ2n) is 4.91. The predicted molar refractivity (Wildman–Crippen MR) is 88.8 cm³/mol. The minimum absolute atomic E-state index is 0.0416. The average molecular weight is 356 g/mol. The predicted octanol–water partition coefficient (Wildman–Crippen LogP) is 2.53. The van der Waals surface area contributed by atoms with Gasteiger partial charge in [-0.1, -0.05) is 30.8 Å². The lowest BCUT2D eigenvalue weighted by Crippen LogP contribution is -2.49. The van der Waals surface area contributed by atoms with Gasteiger partial charge in [0.2, 0.25) is 5.91 Å². The van der Waals surface area contributed by atoms with Crippen LogP contribution in [0.2, 0.25) is 0 Å². The second-order valence-corrected chi connectivity index (χ2v) is 6.24. The summed E-state index contributed by atoms with van der Waals surface area (Å²) >= 11 is 8.51. The first-order valence-electron chi connectivity index (χ1n) is 6.65. The molecule has 1 amide bonds. The van der Waals surface area contributed by atoms with Crippen molar-refractivity contribution in [3.63, 3.8) is 0 Å². The fraction of sp³-hybridized carbons (Fsp3) is 0.429. The number of hydrogen-bond donors (Lipinski definition) is 2. The van der Waals surface area contributed by atoms with Gasteiger partial charge in [-0.15, -0.1) is 0 Å². The molecule has 0 aromatic heterocycles. The van der Waals surface area contributed by atoms with Gasteiger partial charge in [0, 0.05) is 4.47 Å². The van der Waals surface area contributed by atoms with E-state index in [9.17, 15) is 4.79 Å². The third-order valence-electron chi connectivity index (χ3n) is 3.44. The maximum absolute atomic E-state index is 12.1. The maximum Gasteiger partial charge on any atom is 0.238 e. The number of benzene rings is 1. The minimum Gasteiger partial charge on any atom is -0.392 e. The highest BCUT2D eigenvalue weighted by Gasteiger charge is 2.26. The van der Waals surface area contributed by atoms with Crippen molar-refractivity contribution < 1.29 is 4.79 Å². The number of nitrogens with zero attached hydrogens (tertiary/aromatic N) is 1.